The second kappa shape index (κ2) is 8.17. The molecule has 0 heterocycles. The highest BCUT2D eigenvalue weighted by Crippen LogP contribution is 2.25. The summed E-state index contributed by atoms with van der Waals surface area (Å²) in [5, 5.41) is 11.1. The first-order valence-corrected chi connectivity index (χ1v) is 8.41. The third kappa shape index (κ3) is 4.14. The van der Waals surface area contributed by atoms with Gasteiger partial charge in [0.05, 0.1) is 36.5 Å². The molecule has 134 valence electrons. The van der Waals surface area contributed by atoms with Crippen molar-refractivity contribution in [3.05, 3.63) is 89.5 Å². The Labute approximate surface area is 158 Å². The number of rotatable bonds is 5. The number of nitrogens with two attached hydrogens (primary N) is 1. The van der Waals surface area contributed by atoms with Gasteiger partial charge in [0.2, 0.25) is 0 Å². The SMILES string of the molecule is COC(=O)c1cccc(N(N)Cc2ccc(-c3ccccc3)c(C#N)c2)c1. The Hall–Kier alpha value is -3.62. The van der Waals surface area contributed by atoms with Crippen molar-refractivity contribution in [3.8, 4) is 17.2 Å². The van der Waals surface area contributed by atoms with Gasteiger partial charge in [-0.1, -0.05) is 48.5 Å². The minimum atomic E-state index is -0.413. The van der Waals surface area contributed by atoms with Gasteiger partial charge in [-0.15, -0.1) is 0 Å². The molecule has 0 bridgehead atoms. The Morgan fingerprint density at radius 1 is 1.07 bits per heavy atom. The molecular weight excluding hydrogens is 338 g/mol. The van der Waals surface area contributed by atoms with Crippen LogP contribution in [0.5, 0.6) is 0 Å². The lowest BCUT2D eigenvalue weighted by molar-refractivity contribution is 0.0601. The Balaban J connectivity index is 1.84. The second-order valence-corrected chi connectivity index (χ2v) is 6.03. The van der Waals surface area contributed by atoms with Crippen molar-refractivity contribution >= 4 is 11.7 Å². The maximum Gasteiger partial charge on any atom is 0.337 e. The number of carbonyl (C=O) groups excluding carboxylic acids is 1. The fraction of sp³-hybridized carbons (Fsp3) is 0.0909. The van der Waals surface area contributed by atoms with Gasteiger partial charge in [0, 0.05) is 0 Å². The van der Waals surface area contributed by atoms with Crippen molar-refractivity contribution in [1.82, 2.24) is 0 Å². The van der Waals surface area contributed by atoms with Crippen molar-refractivity contribution in [2.24, 2.45) is 5.84 Å². The Morgan fingerprint density at radius 3 is 2.56 bits per heavy atom. The van der Waals surface area contributed by atoms with Crippen LogP contribution in [0.15, 0.2) is 72.8 Å². The second-order valence-electron chi connectivity index (χ2n) is 6.03. The monoisotopic (exact) mass is 357 g/mol. The Morgan fingerprint density at radius 2 is 1.85 bits per heavy atom. The summed E-state index contributed by atoms with van der Waals surface area (Å²) in [5.74, 6) is 5.76. The molecule has 2 N–H and O–H groups in total. The van der Waals surface area contributed by atoms with Crippen LogP contribution in [0.2, 0.25) is 0 Å². The van der Waals surface area contributed by atoms with Crippen LogP contribution in [-0.4, -0.2) is 13.1 Å². The van der Waals surface area contributed by atoms with Gasteiger partial charge in [0.25, 0.3) is 0 Å². The lowest BCUT2D eigenvalue weighted by Crippen LogP contribution is -2.30. The minimum Gasteiger partial charge on any atom is -0.465 e. The predicted octanol–water partition coefficient (Wildman–Crippen LogP) is 3.89. The first kappa shape index (κ1) is 18.2. The van der Waals surface area contributed by atoms with Crippen LogP contribution in [0.25, 0.3) is 11.1 Å². The molecule has 0 amide bonds. The number of nitriles is 1. The van der Waals surface area contributed by atoms with E-state index in [0.29, 0.717) is 23.4 Å². The smallest absolute Gasteiger partial charge is 0.337 e. The fourth-order valence-corrected chi connectivity index (χ4v) is 2.87. The molecule has 0 spiro atoms. The summed E-state index contributed by atoms with van der Waals surface area (Å²) in [6.07, 6.45) is 0. The summed E-state index contributed by atoms with van der Waals surface area (Å²) in [6, 6.07) is 24.7. The Kier molecular flexibility index (Phi) is 5.50. The third-order valence-corrected chi connectivity index (χ3v) is 4.24. The first-order valence-electron chi connectivity index (χ1n) is 8.41. The van der Waals surface area contributed by atoms with Crippen LogP contribution in [0.4, 0.5) is 5.69 Å². The topological polar surface area (TPSA) is 79.3 Å². The highest BCUT2D eigenvalue weighted by Gasteiger charge is 2.11. The van der Waals surface area contributed by atoms with Gasteiger partial charge in [-0.05, 0) is 41.0 Å². The number of nitrogens with zero attached hydrogens (tertiary/aromatic N) is 2. The van der Waals surface area contributed by atoms with Gasteiger partial charge in [-0.2, -0.15) is 5.26 Å². The number of anilines is 1. The zero-order valence-electron chi connectivity index (χ0n) is 14.9. The van der Waals surface area contributed by atoms with Crippen LogP contribution in [-0.2, 0) is 11.3 Å². The van der Waals surface area contributed by atoms with Crippen molar-refractivity contribution in [2.75, 3.05) is 12.1 Å². The molecular formula is C22H19N3O2. The molecule has 0 aliphatic carbocycles. The molecule has 0 radical (unpaired) electrons. The van der Waals surface area contributed by atoms with Crippen LogP contribution in [0, 0.1) is 11.3 Å². The first-order chi connectivity index (χ1) is 13.1. The van der Waals surface area contributed by atoms with Gasteiger partial charge in [-0.3, -0.25) is 0 Å². The molecule has 0 fully saturated rings. The van der Waals surface area contributed by atoms with Gasteiger partial charge in [-0.25, -0.2) is 10.6 Å². The van der Waals surface area contributed by atoms with E-state index in [-0.39, 0.29) is 0 Å². The quantitative estimate of drug-likeness (QED) is 0.426. The van der Waals surface area contributed by atoms with E-state index < -0.39 is 5.97 Å². The predicted molar refractivity (Wildman–Crippen MR) is 105 cm³/mol. The van der Waals surface area contributed by atoms with Crippen LogP contribution in [0.1, 0.15) is 21.5 Å². The maximum atomic E-state index is 11.7. The number of benzene rings is 3. The lowest BCUT2D eigenvalue weighted by Gasteiger charge is -2.20. The molecule has 0 saturated heterocycles. The Bertz CT molecular complexity index is 994. The average Bonchev–Trinajstić information content (AvgIpc) is 2.73. The van der Waals surface area contributed by atoms with E-state index in [1.165, 1.54) is 12.1 Å². The summed E-state index contributed by atoms with van der Waals surface area (Å²) in [4.78, 5) is 11.7. The normalized spacial score (nSPS) is 10.1. The molecule has 0 aliphatic rings. The van der Waals surface area contributed by atoms with Crippen LogP contribution >= 0.6 is 0 Å². The zero-order valence-corrected chi connectivity index (χ0v) is 14.9. The largest absolute Gasteiger partial charge is 0.465 e. The summed E-state index contributed by atoms with van der Waals surface area (Å²) >= 11 is 0. The van der Waals surface area contributed by atoms with Gasteiger partial charge in [0.1, 0.15) is 0 Å². The van der Waals surface area contributed by atoms with Gasteiger partial charge < -0.3 is 9.75 Å². The molecule has 0 aliphatic heterocycles. The molecule has 3 aromatic rings. The van der Waals surface area contributed by atoms with E-state index in [2.05, 4.69) is 6.07 Å². The average molecular weight is 357 g/mol. The van der Waals surface area contributed by atoms with E-state index in [1.807, 2.05) is 54.6 Å². The number of carbonyl (C=O) groups is 1. The molecule has 0 unspecified atom stereocenters. The number of hydrazine groups is 1. The molecule has 0 atom stereocenters. The number of hydrogen-bond donors (Lipinski definition) is 1. The van der Waals surface area contributed by atoms with Gasteiger partial charge >= 0.3 is 5.97 Å². The zero-order chi connectivity index (χ0) is 19.2. The van der Waals surface area contributed by atoms with Crippen molar-refractivity contribution < 1.29 is 9.53 Å². The number of esters is 1. The van der Waals surface area contributed by atoms with Crippen molar-refractivity contribution in [2.45, 2.75) is 6.54 Å². The number of methoxy groups -OCH3 is 1. The summed E-state index contributed by atoms with van der Waals surface area (Å²) in [6.45, 7) is 0.397. The van der Waals surface area contributed by atoms with Crippen molar-refractivity contribution in [1.29, 1.82) is 5.26 Å². The fourth-order valence-electron chi connectivity index (χ4n) is 2.87. The van der Waals surface area contributed by atoms with E-state index in [4.69, 9.17) is 10.6 Å². The molecule has 27 heavy (non-hydrogen) atoms. The van der Waals surface area contributed by atoms with Crippen molar-refractivity contribution in [3.63, 3.8) is 0 Å². The maximum absolute atomic E-state index is 11.7. The molecule has 3 aromatic carbocycles. The highest BCUT2D eigenvalue weighted by atomic mass is 16.5. The standard InChI is InChI=1S/C22H19N3O2/c1-27-22(26)18-8-5-9-20(13-18)25(24)15-16-10-11-21(19(12-16)14-23)17-6-3-2-4-7-17/h2-13H,15,24H2,1H3. The van der Waals surface area contributed by atoms with Gasteiger partial charge in [0.15, 0.2) is 0 Å². The molecule has 0 saturated carbocycles. The molecule has 5 heteroatoms. The summed E-state index contributed by atoms with van der Waals surface area (Å²) in [7, 11) is 1.34. The van der Waals surface area contributed by atoms with E-state index in [9.17, 15) is 10.1 Å². The van der Waals surface area contributed by atoms with Crippen LogP contribution in [0.3, 0.4) is 0 Å². The summed E-state index contributed by atoms with van der Waals surface area (Å²) < 4.78 is 4.74. The summed E-state index contributed by atoms with van der Waals surface area (Å²) in [5.41, 5.74) is 4.49. The third-order valence-electron chi connectivity index (χ3n) is 4.24. The van der Waals surface area contributed by atoms with Crippen LogP contribution < -0.4 is 10.9 Å². The van der Waals surface area contributed by atoms with E-state index >= 15 is 0 Å². The molecule has 5 nitrogen and oxygen atoms in total. The minimum absolute atomic E-state index is 0.397. The van der Waals surface area contributed by atoms with E-state index in [1.54, 1.807) is 18.2 Å². The highest BCUT2D eigenvalue weighted by molar-refractivity contribution is 5.90. The lowest BCUT2D eigenvalue weighted by atomic mass is 9.98. The number of hydrogen-bond acceptors (Lipinski definition) is 5. The number of ether oxygens (including phenoxy) is 1. The molecule has 3 rings (SSSR count). The van der Waals surface area contributed by atoms with E-state index in [0.717, 1.165) is 16.7 Å². The molecule has 0 aromatic heterocycles.